The fraction of sp³-hybridized carbons (Fsp3) is 0.750. The Morgan fingerprint density at radius 1 is 1.37 bits per heavy atom. The van der Waals surface area contributed by atoms with E-state index in [-0.39, 0.29) is 24.9 Å². The van der Waals surface area contributed by atoms with E-state index < -0.39 is 23.3 Å². The molecule has 0 radical (unpaired) electrons. The number of hydrogen-bond acceptors (Lipinski definition) is 3. The van der Waals surface area contributed by atoms with Crippen LogP contribution < -0.4 is 11.1 Å². The van der Waals surface area contributed by atoms with E-state index in [1.807, 2.05) is 0 Å². The number of hydrogen-bond donors (Lipinski definition) is 3. The summed E-state index contributed by atoms with van der Waals surface area (Å²) in [4.78, 5) is 35.4. The summed E-state index contributed by atoms with van der Waals surface area (Å²) in [5, 5.41) is 11.7. The van der Waals surface area contributed by atoms with Crippen LogP contribution in [0.5, 0.6) is 0 Å². The van der Waals surface area contributed by atoms with E-state index in [0.717, 1.165) is 0 Å². The smallest absolute Gasteiger partial charge is 0.317 e. The Morgan fingerprint density at radius 2 is 1.95 bits per heavy atom. The van der Waals surface area contributed by atoms with E-state index in [2.05, 4.69) is 5.32 Å². The molecule has 1 saturated heterocycles. The Morgan fingerprint density at radius 3 is 2.37 bits per heavy atom. The molecule has 0 unspecified atom stereocenters. The highest BCUT2D eigenvalue weighted by Crippen LogP contribution is 2.23. The van der Waals surface area contributed by atoms with Crippen molar-refractivity contribution in [1.29, 1.82) is 0 Å². The highest BCUT2D eigenvalue weighted by molar-refractivity contribution is 5.80. The van der Waals surface area contributed by atoms with Gasteiger partial charge in [-0.3, -0.25) is 9.59 Å². The molecule has 0 aliphatic carbocycles. The van der Waals surface area contributed by atoms with E-state index >= 15 is 0 Å². The molecule has 0 bridgehead atoms. The number of carboxylic acid groups (broad SMARTS) is 1. The van der Waals surface area contributed by atoms with Crippen LogP contribution in [0, 0.1) is 11.8 Å². The summed E-state index contributed by atoms with van der Waals surface area (Å²) in [6, 6.07) is -0.359. The molecule has 108 valence electrons. The number of likely N-dealkylation sites (tertiary alicyclic amines) is 1. The molecule has 7 heteroatoms. The maximum Gasteiger partial charge on any atom is 0.317 e. The molecule has 3 amide bonds. The van der Waals surface area contributed by atoms with Crippen LogP contribution in [0.4, 0.5) is 4.79 Å². The van der Waals surface area contributed by atoms with Crippen molar-refractivity contribution >= 4 is 17.9 Å². The van der Waals surface area contributed by atoms with Gasteiger partial charge in [0, 0.05) is 25.0 Å². The Bertz CT molecular complexity index is 394. The molecule has 1 aliphatic heterocycles. The lowest BCUT2D eigenvalue weighted by molar-refractivity contribution is -0.142. The SMILES string of the molecule is C[C@@H]1CN(C(=O)NC(C)(C)CC(N)=O)C[C@H]1C(=O)O. The lowest BCUT2D eigenvalue weighted by Gasteiger charge is -2.28. The second-order valence-corrected chi connectivity index (χ2v) is 5.78. The topological polar surface area (TPSA) is 113 Å². The van der Waals surface area contributed by atoms with Crippen LogP contribution in [0.25, 0.3) is 0 Å². The van der Waals surface area contributed by atoms with Gasteiger partial charge >= 0.3 is 12.0 Å². The number of amides is 3. The first-order valence-corrected chi connectivity index (χ1v) is 6.20. The predicted octanol–water partition coefficient (Wildman–Crippen LogP) is 0.00250. The van der Waals surface area contributed by atoms with Gasteiger partial charge in [0.05, 0.1) is 5.92 Å². The number of rotatable bonds is 4. The fourth-order valence-corrected chi connectivity index (χ4v) is 2.30. The van der Waals surface area contributed by atoms with Gasteiger partial charge < -0.3 is 21.1 Å². The van der Waals surface area contributed by atoms with E-state index in [9.17, 15) is 14.4 Å². The van der Waals surface area contributed by atoms with Crippen molar-refractivity contribution in [2.45, 2.75) is 32.7 Å². The van der Waals surface area contributed by atoms with Gasteiger partial charge in [-0.2, -0.15) is 0 Å². The summed E-state index contributed by atoms with van der Waals surface area (Å²) in [6.07, 6.45) is 0.0322. The van der Waals surface area contributed by atoms with Crippen LogP contribution in [-0.4, -0.2) is 46.5 Å². The molecule has 4 N–H and O–H groups in total. The highest BCUT2D eigenvalue weighted by Gasteiger charge is 2.38. The zero-order valence-corrected chi connectivity index (χ0v) is 11.5. The van der Waals surface area contributed by atoms with Crippen molar-refractivity contribution < 1.29 is 19.5 Å². The number of nitrogens with two attached hydrogens (primary N) is 1. The maximum atomic E-state index is 12.0. The number of carboxylic acids is 1. The number of aliphatic carboxylic acids is 1. The van der Waals surface area contributed by atoms with Gasteiger partial charge in [0.15, 0.2) is 0 Å². The van der Waals surface area contributed by atoms with Crippen molar-refractivity contribution in [2.24, 2.45) is 17.6 Å². The van der Waals surface area contributed by atoms with Crippen molar-refractivity contribution in [2.75, 3.05) is 13.1 Å². The Kier molecular flexibility index (Phi) is 4.39. The second kappa shape index (κ2) is 5.46. The maximum absolute atomic E-state index is 12.0. The third-order valence-corrected chi connectivity index (χ3v) is 3.28. The monoisotopic (exact) mass is 271 g/mol. The molecule has 0 spiro atoms. The zero-order chi connectivity index (χ0) is 14.8. The molecule has 1 heterocycles. The molecule has 0 aromatic heterocycles. The minimum atomic E-state index is -0.890. The van der Waals surface area contributed by atoms with Crippen LogP contribution in [0.2, 0.25) is 0 Å². The summed E-state index contributed by atoms with van der Waals surface area (Å²) in [6.45, 7) is 5.79. The van der Waals surface area contributed by atoms with Crippen molar-refractivity contribution in [1.82, 2.24) is 10.2 Å². The first-order chi connectivity index (χ1) is 8.62. The number of nitrogens with one attached hydrogen (secondary N) is 1. The molecule has 1 fully saturated rings. The third-order valence-electron chi connectivity index (χ3n) is 3.28. The Balaban J connectivity index is 2.61. The lowest BCUT2D eigenvalue weighted by atomic mass is 9.99. The quantitative estimate of drug-likeness (QED) is 0.668. The average molecular weight is 271 g/mol. The van der Waals surface area contributed by atoms with Crippen LogP contribution in [0.1, 0.15) is 27.2 Å². The van der Waals surface area contributed by atoms with E-state index in [1.165, 1.54) is 4.90 Å². The van der Waals surface area contributed by atoms with E-state index in [0.29, 0.717) is 6.54 Å². The minimum absolute atomic E-state index is 0.0322. The number of carbonyl (C=O) groups excluding carboxylic acids is 2. The molecule has 7 nitrogen and oxygen atoms in total. The Labute approximate surface area is 112 Å². The van der Waals surface area contributed by atoms with Gasteiger partial charge in [0.1, 0.15) is 0 Å². The molecule has 0 aromatic rings. The van der Waals surface area contributed by atoms with Gasteiger partial charge in [-0.05, 0) is 19.8 Å². The van der Waals surface area contributed by atoms with Gasteiger partial charge in [0.2, 0.25) is 5.91 Å². The van der Waals surface area contributed by atoms with Crippen molar-refractivity contribution in [3.8, 4) is 0 Å². The molecular weight excluding hydrogens is 250 g/mol. The van der Waals surface area contributed by atoms with Gasteiger partial charge in [-0.1, -0.05) is 6.92 Å². The minimum Gasteiger partial charge on any atom is -0.481 e. The number of carbonyl (C=O) groups is 3. The van der Waals surface area contributed by atoms with Crippen molar-refractivity contribution in [3.63, 3.8) is 0 Å². The van der Waals surface area contributed by atoms with Gasteiger partial charge in [-0.25, -0.2) is 4.79 Å². The normalized spacial score (nSPS) is 23.2. The molecule has 1 aliphatic rings. The highest BCUT2D eigenvalue weighted by atomic mass is 16.4. The van der Waals surface area contributed by atoms with Crippen LogP contribution in [0.3, 0.4) is 0 Å². The summed E-state index contributed by atoms with van der Waals surface area (Å²) >= 11 is 0. The van der Waals surface area contributed by atoms with Gasteiger partial charge in [0.25, 0.3) is 0 Å². The molecule has 0 saturated carbocycles. The Hall–Kier alpha value is -1.79. The average Bonchev–Trinajstić information content (AvgIpc) is 2.57. The number of primary amides is 1. The summed E-state index contributed by atoms with van der Waals surface area (Å²) in [5.74, 6) is -2.00. The molecule has 2 atom stereocenters. The van der Waals surface area contributed by atoms with Gasteiger partial charge in [-0.15, -0.1) is 0 Å². The molecule has 0 aromatic carbocycles. The number of urea groups is 1. The number of nitrogens with zero attached hydrogens (tertiary/aromatic N) is 1. The first-order valence-electron chi connectivity index (χ1n) is 6.20. The standard InChI is InChI=1S/C12H21N3O4/c1-7-5-15(6-8(7)10(17)18)11(19)14-12(2,3)4-9(13)16/h7-8H,4-6H2,1-3H3,(H2,13,16)(H,14,19)(H,17,18)/t7-,8-/m1/s1. The third kappa shape index (κ3) is 4.11. The van der Waals surface area contributed by atoms with Crippen LogP contribution >= 0.6 is 0 Å². The first kappa shape index (κ1) is 15.3. The molecule has 19 heavy (non-hydrogen) atoms. The van der Waals surface area contributed by atoms with Crippen molar-refractivity contribution in [3.05, 3.63) is 0 Å². The molecule has 1 rings (SSSR count). The lowest BCUT2D eigenvalue weighted by Crippen LogP contribution is -2.51. The second-order valence-electron chi connectivity index (χ2n) is 5.78. The fourth-order valence-electron chi connectivity index (χ4n) is 2.30. The molecular formula is C12H21N3O4. The van der Waals surface area contributed by atoms with E-state index in [4.69, 9.17) is 10.8 Å². The summed E-state index contributed by atoms with van der Waals surface area (Å²) in [7, 11) is 0. The predicted molar refractivity (Wildman–Crippen MR) is 68.3 cm³/mol. The summed E-state index contributed by atoms with van der Waals surface area (Å²) < 4.78 is 0. The summed E-state index contributed by atoms with van der Waals surface area (Å²) in [5.41, 5.74) is 4.37. The van der Waals surface area contributed by atoms with Crippen LogP contribution in [-0.2, 0) is 9.59 Å². The zero-order valence-electron chi connectivity index (χ0n) is 11.5. The van der Waals surface area contributed by atoms with E-state index in [1.54, 1.807) is 20.8 Å². The van der Waals surface area contributed by atoms with Crippen LogP contribution in [0.15, 0.2) is 0 Å². The largest absolute Gasteiger partial charge is 0.481 e.